The molecule has 0 aromatic carbocycles. The van der Waals surface area contributed by atoms with Crippen LogP contribution in [0.3, 0.4) is 0 Å². The number of amides is 1. The smallest absolute Gasteiger partial charge is 0.355 e. The molecule has 0 radical (unpaired) electrons. The highest BCUT2D eigenvalue weighted by Gasteiger charge is 2.30. The average molecular weight is 374 g/mol. The van der Waals surface area contributed by atoms with Gasteiger partial charge in [-0.1, -0.05) is 13.0 Å². The number of carbonyl (C=O) groups excluding carboxylic acids is 1. The Kier molecular flexibility index (Phi) is 5.65. The van der Waals surface area contributed by atoms with Crippen molar-refractivity contribution in [1.82, 2.24) is 19.6 Å². The van der Waals surface area contributed by atoms with E-state index in [-0.39, 0.29) is 11.7 Å². The number of nitro groups is 1. The number of rotatable bonds is 6. The third-order valence-corrected chi connectivity index (χ3v) is 4.49. The van der Waals surface area contributed by atoms with Crippen molar-refractivity contribution in [2.45, 2.75) is 13.3 Å². The predicted octanol–water partition coefficient (Wildman–Crippen LogP) is 0.251. The van der Waals surface area contributed by atoms with Gasteiger partial charge in [0, 0.05) is 38.9 Å². The van der Waals surface area contributed by atoms with Crippen LogP contribution in [-0.4, -0.2) is 64.4 Å². The second-order valence-corrected chi connectivity index (χ2v) is 6.39. The minimum absolute atomic E-state index is 0.0293. The Morgan fingerprint density at radius 3 is 2.70 bits per heavy atom. The summed E-state index contributed by atoms with van der Waals surface area (Å²) in [7, 11) is 0. The van der Waals surface area contributed by atoms with E-state index in [1.165, 1.54) is 10.6 Å². The van der Waals surface area contributed by atoms with Crippen LogP contribution >= 0.6 is 0 Å². The Balaban J connectivity index is 1.79. The second-order valence-electron chi connectivity index (χ2n) is 6.39. The van der Waals surface area contributed by atoms with Gasteiger partial charge in [0.25, 0.3) is 0 Å². The Bertz CT molecular complexity index is 904. The van der Waals surface area contributed by atoms with Crippen molar-refractivity contribution in [3.63, 3.8) is 0 Å². The Labute approximate surface area is 155 Å². The van der Waals surface area contributed by atoms with Gasteiger partial charge in [0.05, 0.1) is 11.5 Å². The monoisotopic (exact) mass is 374 g/mol. The first-order valence-electron chi connectivity index (χ1n) is 8.91. The van der Waals surface area contributed by atoms with Gasteiger partial charge in [0.15, 0.2) is 0 Å². The highest BCUT2D eigenvalue weighted by molar-refractivity contribution is 5.78. The molecule has 27 heavy (non-hydrogen) atoms. The molecule has 1 saturated heterocycles. The second kappa shape index (κ2) is 8.12. The highest BCUT2D eigenvalue weighted by Crippen LogP contribution is 2.23. The van der Waals surface area contributed by atoms with Crippen molar-refractivity contribution in [1.29, 1.82) is 0 Å². The molecule has 0 bridgehead atoms. The van der Waals surface area contributed by atoms with Crippen LogP contribution in [0.15, 0.2) is 29.2 Å². The Morgan fingerprint density at radius 2 is 2.04 bits per heavy atom. The lowest BCUT2D eigenvalue weighted by Gasteiger charge is -2.34. The summed E-state index contributed by atoms with van der Waals surface area (Å²) in [4.78, 5) is 43.3. The van der Waals surface area contributed by atoms with Crippen LogP contribution in [0, 0.1) is 10.1 Å². The average Bonchev–Trinajstić information content (AvgIpc) is 2.66. The van der Waals surface area contributed by atoms with Crippen LogP contribution < -0.4 is 15.8 Å². The fourth-order valence-corrected chi connectivity index (χ4v) is 3.09. The molecular weight excluding hydrogens is 352 g/mol. The molecule has 1 amide bonds. The molecule has 144 valence electrons. The van der Waals surface area contributed by atoms with Gasteiger partial charge in [-0.2, -0.15) is 0 Å². The molecule has 10 nitrogen and oxygen atoms in total. The van der Waals surface area contributed by atoms with E-state index in [0.717, 1.165) is 6.42 Å². The summed E-state index contributed by atoms with van der Waals surface area (Å²) in [6, 6.07) is 5.00. The Hall–Kier alpha value is -3.01. The number of hydrogen-bond acceptors (Lipinski definition) is 7. The molecule has 1 fully saturated rings. The quantitative estimate of drug-likeness (QED) is 0.569. The SMILES string of the molecule is CCCNC(=O)CN1CCN(c2nc3ccccn3c(=O)c2[N+](=O)[O-])CC1. The molecule has 3 heterocycles. The number of pyridine rings is 1. The summed E-state index contributed by atoms with van der Waals surface area (Å²) >= 11 is 0. The first-order valence-corrected chi connectivity index (χ1v) is 8.91. The molecule has 1 N–H and O–H groups in total. The highest BCUT2D eigenvalue weighted by atomic mass is 16.6. The third-order valence-electron chi connectivity index (χ3n) is 4.49. The van der Waals surface area contributed by atoms with Crippen LogP contribution in [0.5, 0.6) is 0 Å². The number of anilines is 1. The summed E-state index contributed by atoms with van der Waals surface area (Å²) in [5, 5.41) is 14.3. The molecule has 3 rings (SSSR count). The first-order chi connectivity index (χ1) is 13.0. The topological polar surface area (TPSA) is 113 Å². The van der Waals surface area contributed by atoms with Crippen LogP contribution in [0.25, 0.3) is 5.65 Å². The van der Waals surface area contributed by atoms with Crippen molar-refractivity contribution >= 4 is 23.1 Å². The van der Waals surface area contributed by atoms with Crippen molar-refractivity contribution in [2.75, 3.05) is 44.2 Å². The third kappa shape index (κ3) is 4.05. The number of carbonyl (C=O) groups is 1. The van der Waals surface area contributed by atoms with Crippen LogP contribution in [-0.2, 0) is 4.79 Å². The van der Waals surface area contributed by atoms with E-state index in [4.69, 9.17) is 0 Å². The largest absolute Gasteiger partial charge is 0.376 e. The van der Waals surface area contributed by atoms with E-state index >= 15 is 0 Å². The number of nitrogens with one attached hydrogen (secondary N) is 1. The van der Waals surface area contributed by atoms with Gasteiger partial charge >= 0.3 is 11.2 Å². The minimum atomic E-state index is -0.693. The number of piperazine rings is 1. The standard InChI is InChI=1S/C17H22N6O4/c1-2-6-18-14(24)12-20-8-10-21(11-9-20)16-15(23(26)27)17(25)22-7-4-3-5-13(22)19-16/h3-5,7H,2,6,8-12H2,1H3,(H,18,24). The van der Waals surface area contributed by atoms with Gasteiger partial charge in [-0.05, 0) is 18.6 Å². The molecule has 1 aliphatic heterocycles. The predicted molar refractivity (Wildman–Crippen MR) is 100 cm³/mol. The zero-order valence-corrected chi connectivity index (χ0v) is 15.1. The number of fused-ring (bicyclic) bond motifs is 1. The molecule has 0 unspecified atom stereocenters. The van der Waals surface area contributed by atoms with Gasteiger partial charge in [-0.3, -0.25) is 29.0 Å². The van der Waals surface area contributed by atoms with E-state index in [0.29, 0.717) is 44.9 Å². The van der Waals surface area contributed by atoms with Crippen molar-refractivity contribution in [2.24, 2.45) is 0 Å². The maximum atomic E-state index is 12.5. The van der Waals surface area contributed by atoms with Crippen molar-refractivity contribution in [3.8, 4) is 0 Å². The van der Waals surface area contributed by atoms with E-state index in [2.05, 4.69) is 10.3 Å². The lowest BCUT2D eigenvalue weighted by atomic mass is 10.3. The zero-order chi connectivity index (χ0) is 19.4. The fraction of sp³-hybridized carbons (Fsp3) is 0.471. The fourth-order valence-electron chi connectivity index (χ4n) is 3.09. The maximum absolute atomic E-state index is 12.5. The lowest BCUT2D eigenvalue weighted by molar-refractivity contribution is -0.385. The molecule has 0 saturated carbocycles. The van der Waals surface area contributed by atoms with Crippen LogP contribution in [0.4, 0.5) is 11.5 Å². The zero-order valence-electron chi connectivity index (χ0n) is 15.1. The van der Waals surface area contributed by atoms with Crippen molar-refractivity contribution in [3.05, 3.63) is 44.9 Å². The van der Waals surface area contributed by atoms with Gasteiger partial charge in [0.1, 0.15) is 5.65 Å². The molecule has 10 heteroatoms. The normalized spacial score (nSPS) is 15.1. The van der Waals surface area contributed by atoms with Gasteiger partial charge in [-0.25, -0.2) is 4.98 Å². The number of aromatic nitrogens is 2. The lowest BCUT2D eigenvalue weighted by Crippen LogP contribution is -2.50. The summed E-state index contributed by atoms with van der Waals surface area (Å²) in [6.45, 7) is 4.97. The Morgan fingerprint density at radius 1 is 1.30 bits per heavy atom. The summed E-state index contributed by atoms with van der Waals surface area (Å²) in [5.74, 6) is 0.0599. The van der Waals surface area contributed by atoms with E-state index < -0.39 is 16.2 Å². The van der Waals surface area contributed by atoms with Gasteiger partial charge in [0.2, 0.25) is 11.7 Å². The van der Waals surface area contributed by atoms with Gasteiger partial charge < -0.3 is 10.2 Å². The minimum Gasteiger partial charge on any atom is -0.355 e. The molecule has 2 aromatic heterocycles. The summed E-state index contributed by atoms with van der Waals surface area (Å²) < 4.78 is 1.18. The first kappa shape index (κ1) is 18.8. The number of hydrogen-bond donors (Lipinski definition) is 1. The molecule has 1 aliphatic rings. The van der Waals surface area contributed by atoms with Crippen molar-refractivity contribution < 1.29 is 9.72 Å². The molecule has 0 aliphatic carbocycles. The van der Waals surface area contributed by atoms with E-state index in [9.17, 15) is 19.7 Å². The molecule has 0 atom stereocenters. The molecule has 0 spiro atoms. The van der Waals surface area contributed by atoms with Crippen LogP contribution in [0.2, 0.25) is 0 Å². The van der Waals surface area contributed by atoms with Gasteiger partial charge in [-0.15, -0.1) is 0 Å². The van der Waals surface area contributed by atoms with E-state index in [1.807, 2.05) is 11.8 Å². The summed E-state index contributed by atoms with van der Waals surface area (Å²) in [6.07, 6.45) is 2.35. The maximum Gasteiger partial charge on any atom is 0.376 e. The molecule has 2 aromatic rings. The van der Waals surface area contributed by atoms with Crippen LogP contribution in [0.1, 0.15) is 13.3 Å². The summed E-state index contributed by atoms with van der Waals surface area (Å²) in [5.41, 5.74) is -0.848. The molecular formula is C17H22N6O4. The number of nitrogens with zero attached hydrogens (tertiary/aromatic N) is 5. The van der Waals surface area contributed by atoms with E-state index in [1.54, 1.807) is 23.1 Å².